The van der Waals surface area contributed by atoms with Crippen LogP contribution in [0.15, 0.2) is 24.3 Å². The summed E-state index contributed by atoms with van der Waals surface area (Å²) in [7, 11) is -2.55. The first-order valence-electron chi connectivity index (χ1n) is 5.27. The molecule has 3 N–H and O–H groups in total. The second-order valence-electron chi connectivity index (χ2n) is 3.97. The average Bonchev–Trinajstić information content (AvgIpc) is 2.27. The van der Waals surface area contributed by atoms with Crippen LogP contribution >= 0.6 is 0 Å². The number of sulfonamides is 1. The molecule has 0 saturated heterocycles. The minimum absolute atomic E-state index is 0.0225. The summed E-state index contributed by atoms with van der Waals surface area (Å²) in [6.45, 7) is 0.0225. The molecule has 0 heterocycles. The van der Waals surface area contributed by atoms with E-state index in [1.54, 1.807) is 12.1 Å². The second-order valence-corrected chi connectivity index (χ2v) is 6.04. The van der Waals surface area contributed by atoms with Gasteiger partial charge in [-0.25, -0.2) is 12.7 Å². The number of nitrogens with zero attached hydrogens (tertiary/aromatic N) is 1. The van der Waals surface area contributed by atoms with Crippen molar-refractivity contribution in [3.05, 3.63) is 35.4 Å². The first-order chi connectivity index (χ1) is 8.72. The summed E-state index contributed by atoms with van der Waals surface area (Å²) in [6, 6.07) is 6.09. The van der Waals surface area contributed by atoms with E-state index in [0.717, 1.165) is 4.31 Å². The maximum atomic E-state index is 11.6. The van der Waals surface area contributed by atoms with Gasteiger partial charge in [-0.1, -0.05) is 12.1 Å². The summed E-state index contributed by atoms with van der Waals surface area (Å²) in [6.07, 6.45) is 0. The fourth-order valence-corrected chi connectivity index (χ4v) is 2.27. The maximum absolute atomic E-state index is 11.6. The molecule has 0 aromatic heterocycles. The lowest BCUT2D eigenvalue weighted by atomic mass is 10.1. The molecule has 1 aromatic carbocycles. The van der Waals surface area contributed by atoms with Crippen LogP contribution in [-0.4, -0.2) is 42.5 Å². The van der Waals surface area contributed by atoms with Crippen LogP contribution < -0.4 is 5.73 Å². The van der Waals surface area contributed by atoms with Crippen LogP contribution in [0.4, 0.5) is 0 Å². The van der Waals surface area contributed by atoms with Crippen LogP contribution in [0.25, 0.3) is 0 Å². The smallest absolute Gasteiger partial charge is 0.320 e. The van der Waals surface area contributed by atoms with Crippen molar-refractivity contribution >= 4 is 21.9 Å². The molecule has 1 rings (SSSR count). The average molecular weight is 286 g/mol. The summed E-state index contributed by atoms with van der Waals surface area (Å²) in [5, 5.41) is 8.50. The Morgan fingerprint density at radius 3 is 2.21 bits per heavy atom. The van der Waals surface area contributed by atoms with Gasteiger partial charge < -0.3 is 10.8 Å². The Morgan fingerprint density at radius 1 is 1.26 bits per heavy atom. The zero-order valence-electron chi connectivity index (χ0n) is 10.2. The monoisotopic (exact) mass is 286 g/mol. The Bertz CT molecular complexity index is 580. The highest BCUT2D eigenvalue weighted by Crippen LogP contribution is 2.09. The minimum Gasteiger partial charge on any atom is -0.480 e. The van der Waals surface area contributed by atoms with Crippen molar-refractivity contribution in [1.29, 1.82) is 0 Å². The summed E-state index contributed by atoms with van der Waals surface area (Å²) in [5.41, 5.74) is 6.02. The van der Waals surface area contributed by atoms with Gasteiger partial charge in [-0.2, -0.15) is 0 Å². The quantitative estimate of drug-likeness (QED) is 0.740. The Hall–Kier alpha value is -1.93. The van der Waals surface area contributed by atoms with Crippen LogP contribution in [0.1, 0.15) is 15.9 Å². The topological polar surface area (TPSA) is 118 Å². The molecule has 0 unspecified atom stereocenters. The van der Waals surface area contributed by atoms with Gasteiger partial charge in [0.25, 0.3) is 0 Å². The van der Waals surface area contributed by atoms with Gasteiger partial charge in [0.15, 0.2) is 5.75 Å². The lowest BCUT2D eigenvalue weighted by Gasteiger charge is -2.15. The molecule has 0 fully saturated rings. The number of amides is 1. The molecule has 8 heteroatoms. The van der Waals surface area contributed by atoms with E-state index in [0.29, 0.717) is 11.1 Å². The Kier molecular flexibility index (Phi) is 4.62. The van der Waals surface area contributed by atoms with Gasteiger partial charge in [0.05, 0.1) is 0 Å². The highest BCUT2D eigenvalue weighted by atomic mass is 32.2. The number of hydrogen-bond acceptors (Lipinski definition) is 4. The predicted molar refractivity (Wildman–Crippen MR) is 67.8 cm³/mol. The molecule has 0 bridgehead atoms. The number of aliphatic carboxylic acids is 1. The third-order valence-corrected chi connectivity index (χ3v) is 4.12. The summed E-state index contributed by atoms with van der Waals surface area (Å²) < 4.78 is 24.1. The summed E-state index contributed by atoms with van der Waals surface area (Å²) >= 11 is 0. The second kappa shape index (κ2) is 5.81. The molecule has 1 aromatic rings. The molecule has 0 radical (unpaired) electrons. The van der Waals surface area contributed by atoms with E-state index in [4.69, 9.17) is 10.8 Å². The van der Waals surface area contributed by atoms with Crippen molar-refractivity contribution < 1.29 is 23.1 Å². The molecule has 0 aliphatic heterocycles. The molecule has 0 atom stereocenters. The number of rotatable bonds is 6. The van der Waals surface area contributed by atoms with E-state index < -0.39 is 27.7 Å². The van der Waals surface area contributed by atoms with Crippen molar-refractivity contribution in [1.82, 2.24) is 4.31 Å². The van der Waals surface area contributed by atoms with Gasteiger partial charge in [-0.15, -0.1) is 0 Å². The normalized spacial score (nSPS) is 11.5. The van der Waals surface area contributed by atoms with Crippen LogP contribution in [0.3, 0.4) is 0 Å². The van der Waals surface area contributed by atoms with Gasteiger partial charge in [0.1, 0.15) is 0 Å². The molecule has 0 aliphatic carbocycles. The van der Waals surface area contributed by atoms with Gasteiger partial charge >= 0.3 is 5.97 Å². The van der Waals surface area contributed by atoms with Crippen LogP contribution in [0, 0.1) is 0 Å². The first-order valence-corrected chi connectivity index (χ1v) is 6.88. The zero-order valence-corrected chi connectivity index (χ0v) is 11.1. The highest BCUT2D eigenvalue weighted by Gasteiger charge is 2.21. The van der Waals surface area contributed by atoms with E-state index in [1.165, 1.54) is 19.2 Å². The molecule has 0 saturated carbocycles. The van der Waals surface area contributed by atoms with Crippen molar-refractivity contribution in [3.63, 3.8) is 0 Å². The molecule has 19 heavy (non-hydrogen) atoms. The minimum atomic E-state index is -3.84. The third kappa shape index (κ3) is 4.34. The number of carbonyl (C=O) groups excluding carboxylic acids is 1. The molecule has 7 nitrogen and oxygen atoms in total. The zero-order chi connectivity index (χ0) is 14.6. The highest BCUT2D eigenvalue weighted by molar-refractivity contribution is 7.89. The van der Waals surface area contributed by atoms with E-state index >= 15 is 0 Å². The van der Waals surface area contributed by atoms with Crippen molar-refractivity contribution in [2.75, 3.05) is 12.8 Å². The Morgan fingerprint density at radius 2 is 1.79 bits per heavy atom. The van der Waals surface area contributed by atoms with Gasteiger partial charge in [-0.3, -0.25) is 9.59 Å². The predicted octanol–water partition coefficient (Wildman–Crippen LogP) is -0.368. The fourth-order valence-electron chi connectivity index (χ4n) is 1.40. The number of benzene rings is 1. The van der Waals surface area contributed by atoms with Crippen LogP contribution in [-0.2, 0) is 21.4 Å². The van der Waals surface area contributed by atoms with Gasteiger partial charge in [0.2, 0.25) is 15.9 Å². The van der Waals surface area contributed by atoms with Gasteiger partial charge in [-0.05, 0) is 17.7 Å². The Labute approximate surface area is 110 Å². The lowest BCUT2D eigenvalue weighted by molar-refractivity contribution is -0.134. The van der Waals surface area contributed by atoms with Crippen molar-refractivity contribution in [3.8, 4) is 0 Å². The van der Waals surface area contributed by atoms with Crippen LogP contribution in [0.5, 0.6) is 0 Å². The molecular formula is C11H14N2O5S. The maximum Gasteiger partial charge on any atom is 0.320 e. The number of carbonyl (C=O) groups is 2. The number of nitrogens with two attached hydrogens (primary N) is 1. The van der Waals surface area contributed by atoms with Crippen molar-refractivity contribution in [2.24, 2.45) is 5.73 Å². The van der Waals surface area contributed by atoms with E-state index in [9.17, 15) is 18.0 Å². The molecule has 104 valence electrons. The first kappa shape index (κ1) is 15.1. The summed E-state index contributed by atoms with van der Waals surface area (Å²) in [4.78, 5) is 21.3. The van der Waals surface area contributed by atoms with Gasteiger partial charge in [0, 0.05) is 19.2 Å². The number of carboxylic acids is 1. The fraction of sp³-hybridized carbons (Fsp3) is 0.273. The molecule has 1 amide bonds. The largest absolute Gasteiger partial charge is 0.480 e. The Balaban J connectivity index is 2.79. The molecule has 0 spiro atoms. The van der Waals surface area contributed by atoms with E-state index in [2.05, 4.69) is 0 Å². The standard InChI is InChI=1S/C11H14N2O5S/c1-13(19(17,18)7-10(14)15)6-8-2-4-9(5-3-8)11(12)16/h2-5H,6-7H2,1H3,(H2,12,16)(H,14,15). The number of primary amides is 1. The number of hydrogen-bond donors (Lipinski definition) is 2. The lowest BCUT2D eigenvalue weighted by Crippen LogP contribution is -2.31. The SMILES string of the molecule is CN(Cc1ccc(C(N)=O)cc1)S(=O)(=O)CC(=O)O. The summed E-state index contributed by atoms with van der Waals surface area (Å²) in [5.74, 6) is -2.93. The van der Waals surface area contributed by atoms with E-state index in [-0.39, 0.29) is 6.54 Å². The number of carboxylic acid groups (broad SMARTS) is 1. The van der Waals surface area contributed by atoms with Crippen LogP contribution in [0.2, 0.25) is 0 Å². The third-order valence-electron chi connectivity index (χ3n) is 2.42. The molecular weight excluding hydrogens is 272 g/mol. The molecule has 0 aliphatic rings. The van der Waals surface area contributed by atoms with E-state index in [1.807, 2.05) is 0 Å². The van der Waals surface area contributed by atoms with Crippen molar-refractivity contribution in [2.45, 2.75) is 6.54 Å².